The predicted octanol–water partition coefficient (Wildman–Crippen LogP) is 1.78. The lowest BCUT2D eigenvalue weighted by Gasteiger charge is -2.04. The van der Waals surface area contributed by atoms with E-state index < -0.39 is 0 Å². The molecule has 0 amide bonds. The number of Topliss-reactive ketones (excluding diaryl/α,β-unsaturated/α-hetero) is 1. The van der Waals surface area contributed by atoms with Crippen LogP contribution in [0, 0.1) is 6.92 Å². The van der Waals surface area contributed by atoms with Crippen molar-refractivity contribution in [2.45, 2.75) is 6.92 Å². The molecule has 0 atom stereocenters. The topological polar surface area (TPSA) is 41.1 Å². The van der Waals surface area contributed by atoms with Crippen LogP contribution in [0.5, 0.6) is 0 Å². The Morgan fingerprint density at radius 1 is 1.19 bits per heavy atom. The highest BCUT2D eigenvalue weighted by Crippen LogP contribution is 2.15. The fourth-order valence-electron chi connectivity index (χ4n) is 1.54. The molecule has 1 aliphatic heterocycles. The fraction of sp³-hybridized carbons (Fsp3) is 0.250. The van der Waals surface area contributed by atoms with Gasteiger partial charge in [0, 0.05) is 18.7 Å². The summed E-state index contributed by atoms with van der Waals surface area (Å²) in [6, 6.07) is 7.38. The van der Waals surface area contributed by atoms with Crippen molar-refractivity contribution in [2.24, 2.45) is 0 Å². The van der Waals surface area contributed by atoms with Crippen LogP contribution in [0.3, 0.4) is 0 Å². The largest absolute Gasteiger partial charge is 0.369 e. The summed E-state index contributed by atoms with van der Waals surface area (Å²) in [5, 5.41) is 6.29. The van der Waals surface area contributed by atoms with Gasteiger partial charge in [-0.3, -0.25) is 4.79 Å². The van der Waals surface area contributed by atoms with E-state index in [9.17, 15) is 4.79 Å². The average Bonchev–Trinajstić information content (AvgIpc) is 2.81. The van der Waals surface area contributed by atoms with Gasteiger partial charge in [0.15, 0.2) is 0 Å². The molecule has 1 saturated heterocycles. The van der Waals surface area contributed by atoms with Crippen LogP contribution in [0.1, 0.15) is 15.9 Å². The Bertz CT molecular complexity index is 429. The molecule has 16 heavy (non-hydrogen) atoms. The van der Waals surface area contributed by atoms with Crippen molar-refractivity contribution in [3.63, 3.8) is 0 Å². The van der Waals surface area contributed by atoms with Crippen LogP contribution in [0.2, 0.25) is 0 Å². The molecule has 0 radical (unpaired) electrons. The van der Waals surface area contributed by atoms with Crippen molar-refractivity contribution in [1.82, 2.24) is 10.6 Å². The Morgan fingerprint density at radius 2 is 1.75 bits per heavy atom. The molecule has 1 fully saturated rings. The van der Waals surface area contributed by atoms with E-state index in [0.29, 0.717) is 11.4 Å². The summed E-state index contributed by atoms with van der Waals surface area (Å²) < 4.78 is 0. The van der Waals surface area contributed by atoms with Crippen LogP contribution in [0.4, 0.5) is 0 Å². The minimum Gasteiger partial charge on any atom is -0.369 e. The van der Waals surface area contributed by atoms with Gasteiger partial charge in [0.05, 0.1) is 0 Å². The average molecular weight is 237 g/mol. The normalized spacial score (nSPS) is 14.2. The van der Waals surface area contributed by atoms with E-state index in [1.165, 1.54) is 0 Å². The van der Waals surface area contributed by atoms with Gasteiger partial charge in [-0.2, -0.15) is 0 Å². The quantitative estimate of drug-likeness (QED) is 0.608. The van der Waals surface area contributed by atoms with E-state index in [-0.39, 0.29) is 10.8 Å². The highest BCUT2D eigenvalue weighted by Gasteiger charge is 2.17. The van der Waals surface area contributed by atoms with Gasteiger partial charge >= 0.3 is 0 Å². The molecule has 1 aromatic carbocycles. The van der Waals surface area contributed by atoms with Gasteiger partial charge < -0.3 is 10.6 Å². The number of allylic oxidation sites excluding steroid dienone is 1. The van der Waals surface area contributed by atoms with Crippen LogP contribution < -0.4 is 10.6 Å². The molecule has 0 saturated carbocycles. The summed E-state index contributed by atoms with van der Waals surface area (Å²) in [4.78, 5) is 12.0. The molecule has 2 rings (SSSR count). The van der Waals surface area contributed by atoms with Gasteiger partial charge in [0.25, 0.3) is 0 Å². The van der Waals surface area contributed by atoms with Gasteiger partial charge in [0.2, 0.25) is 5.78 Å². The first-order chi connectivity index (χ1) is 7.68. The molecular weight excluding hydrogens is 224 g/mol. The molecule has 1 heterocycles. The number of benzene rings is 1. The Morgan fingerprint density at radius 3 is 2.31 bits per heavy atom. The van der Waals surface area contributed by atoms with Crippen molar-refractivity contribution in [1.29, 1.82) is 0 Å². The third kappa shape index (κ3) is 2.19. The molecule has 2 N–H and O–H groups in total. The minimum absolute atomic E-state index is 0.154. The highest BCUT2D eigenvalue weighted by atomic mass is 35.5. The van der Waals surface area contributed by atoms with Crippen LogP contribution in [-0.2, 0) is 0 Å². The van der Waals surface area contributed by atoms with Crippen LogP contribution in [0.25, 0.3) is 0 Å². The molecule has 0 spiro atoms. The lowest BCUT2D eigenvalue weighted by molar-refractivity contribution is 0.104. The van der Waals surface area contributed by atoms with Gasteiger partial charge in [-0.25, -0.2) is 0 Å². The lowest BCUT2D eigenvalue weighted by Crippen LogP contribution is -2.16. The molecule has 0 unspecified atom stereocenters. The third-order valence-corrected chi connectivity index (χ3v) is 2.82. The number of rotatable bonds is 2. The van der Waals surface area contributed by atoms with Gasteiger partial charge in [-0.15, -0.1) is 0 Å². The molecule has 84 valence electrons. The van der Waals surface area contributed by atoms with Gasteiger partial charge in [-0.1, -0.05) is 41.4 Å². The molecule has 4 heteroatoms. The second-order valence-corrected chi connectivity index (χ2v) is 4.12. The number of aryl methyl sites for hydroxylation is 1. The van der Waals surface area contributed by atoms with Crippen molar-refractivity contribution >= 4 is 17.4 Å². The van der Waals surface area contributed by atoms with E-state index in [2.05, 4.69) is 10.6 Å². The summed E-state index contributed by atoms with van der Waals surface area (Å²) in [6.07, 6.45) is 0. The predicted molar refractivity (Wildman–Crippen MR) is 64.4 cm³/mol. The molecule has 3 nitrogen and oxygen atoms in total. The molecule has 0 bridgehead atoms. The van der Waals surface area contributed by atoms with Crippen molar-refractivity contribution < 1.29 is 4.79 Å². The maximum absolute atomic E-state index is 12.0. The van der Waals surface area contributed by atoms with E-state index >= 15 is 0 Å². The van der Waals surface area contributed by atoms with Crippen LogP contribution in [0.15, 0.2) is 35.1 Å². The first kappa shape index (κ1) is 11.0. The van der Waals surface area contributed by atoms with Crippen molar-refractivity contribution in [2.75, 3.05) is 13.1 Å². The molecule has 1 aromatic rings. The van der Waals surface area contributed by atoms with Gasteiger partial charge in [0.1, 0.15) is 10.9 Å². The first-order valence-corrected chi connectivity index (χ1v) is 5.55. The number of halogens is 1. The van der Waals surface area contributed by atoms with E-state index in [0.717, 1.165) is 18.7 Å². The molecule has 0 aromatic heterocycles. The van der Waals surface area contributed by atoms with Gasteiger partial charge in [-0.05, 0) is 6.92 Å². The number of hydrogen-bond donors (Lipinski definition) is 2. The van der Waals surface area contributed by atoms with E-state index in [1.54, 1.807) is 12.1 Å². The standard InChI is InChI=1S/C12H13ClN2O/c1-8-2-4-9(5-3-8)11(16)10(13)12-14-6-7-15-12/h2-5,14-15H,6-7H2,1H3. The Labute approximate surface area is 99.5 Å². The van der Waals surface area contributed by atoms with E-state index in [4.69, 9.17) is 11.6 Å². The number of hydrogen-bond acceptors (Lipinski definition) is 3. The maximum Gasteiger partial charge on any atom is 0.208 e. The maximum atomic E-state index is 12.0. The summed E-state index contributed by atoms with van der Waals surface area (Å²) in [5.41, 5.74) is 1.73. The second kappa shape index (κ2) is 4.58. The molecule has 1 aliphatic rings. The summed E-state index contributed by atoms with van der Waals surface area (Å²) in [5.74, 6) is 0.478. The van der Waals surface area contributed by atoms with Crippen molar-refractivity contribution in [3.05, 3.63) is 46.2 Å². The van der Waals surface area contributed by atoms with E-state index in [1.807, 2.05) is 19.1 Å². The summed E-state index contributed by atoms with van der Waals surface area (Å²) in [7, 11) is 0. The minimum atomic E-state index is -0.154. The summed E-state index contributed by atoms with van der Waals surface area (Å²) >= 11 is 6.02. The number of ketones is 1. The zero-order chi connectivity index (χ0) is 11.5. The first-order valence-electron chi connectivity index (χ1n) is 5.17. The Hall–Kier alpha value is -1.48. The third-order valence-electron chi connectivity index (χ3n) is 2.46. The Balaban J connectivity index is 2.25. The lowest BCUT2D eigenvalue weighted by atomic mass is 10.1. The SMILES string of the molecule is Cc1ccc(C(=O)C(Cl)=C2NCCN2)cc1. The van der Waals surface area contributed by atoms with Crippen molar-refractivity contribution in [3.8, 4) is 0 Å². The monoisotopic (exact) mass is 236 g/mol. The number of carbonyl (C=O) groups excluding carboxylic acids is 1. The number of carbonyl (C=O) groups is 1. The smallest absolute Gasteiger partial charge is 0.208 e. The zero-order valence-corrected chi connectivity index (χ0v) is 9.77. The van der Waals surface area contributed by atoms with Crippen LogP contribution in [-0.4, -0.2) is 18.9 Å². The fourth-order valence-corrected chi connectivity index (χ4v) is 1.78. The zero-order valence-electron chi connectivity index (χ0n) is 9.01. The molecule has 0 aliphatic carbocycles. The number of nitrogens with one attached hydrogen (secondary N) is 2. The van der Waals surface area contributed by atoms with Crippen LogP contribution >= 0.6 is 11.6 Å². The molecular formula is C12H13ClN2O. The highest BCUT2D eigenvalue weighted by molar-refractivity contribution is 6.45. The second-order valence-electron chi connectivity index (χ2n) is 3.74. The Kier molecular flexibility index (Phi) is 3.15. The summed E-state index contributed by atoms with van der Waals surface area (Å²) in [6.45, 7) is 3.58.